The van der Waals surface area contributed by atoms with Gasteiger partial charge in [-0.1, -0.05) is 32.0 Å². The molecule has 27 heavy (non-hydrogen) atoms. The summed E-state index contributed by atoms with van der Waals surface area (Å²) in [4.78, 5) is 26.6. The van der Waals surface area contributed by atoms with Gasteiger partial charge in [-0.05, 0) is 35.4 Å². The minimum absolute atomic E-state index is 0. The standard InChI is InChI=1S/C20H30N4O2.ClH/c1-14(2)9-23-20(26)24-7-3-4-17(13-24)19(25)22-10-15-5-6-16-11-21-12-18(16)8-15;/h5-6,8,14,17,21H,3-4,7,9-13H2,1-2H3,(H,22,25)(H,23,26);1H. The number of nitrogens with one attached hydrogen (secondary N) is 3. The van der Waals surface area contributed by atoms with Gasteiger partial charge in [0.1, 0.15) is 0 Å². The first kappa shape index (κ1) is 21.5. The quantitative estimate of drug-likeness (QED) is 0.718. The predicted octanol–water partition coefficient (Wildman–Crippen LogP) is 2.41. The Morgan fingerprint density at radius 1 is 1.22 bits per heavy atom. The number of amides is 3. The van der Waals surface area contributed by atoms with Crippen LogP contribution in [0, 0.1) is 11.8 Å². The molecule has 6 nitrogen and oxygen atoms in total. The van der Waals surface area contributed by atoms with Crippen molar-refractivity contribution in [1.82, 2.24) is 20.9 Å². The van der Waals surface area contributed by atoms with Gasteiger partial charge in [-0.15, -0.1) is 12.4 Å². The van der Waals surface area contributed by atoms with Gasteiger partial charge in [0.15, 0.2) is 0 Å². The van der Waals surface area contributed by atoms with Crippen molar-refractivity contribution in [2.45, 2.75) is 46.3 Å². The largest absolute Gasteiger partial charge is 0.352 e. The van der Waals surface area contributed by atoms with Gasteiger partial charge >= 0.3 is 6.03 Å². The zero-order valence-corrected chi connectivity index (χ0v) is 17.0. The number of fused-ring (bicyclic) bond motifs is 1. The molecule has 2 aliphatic heterocycles. The summed E-state index contributed by atoms with van der Waals surface area (Å²) in [7, 11) is 0. The smallest absolute Gasteiger partial charge is 0.317 e. The van der Waals surface area contributed by atoms with Crippen molar-refractivity contribution in [1.29, 1.82) is 0 Å². The summed E-state index contributed by atoms with van der Waals surface area (Å²) in [6.07, 6.45) is 1.71. The molecular formula is C20H31ClN4O2. The molecule has 1 unspecified atom stereocenters. The number of piperidine rings is 1. The second-order valence-corrected chi connectivity index (χ2v) is 7.79. The van der Waals surface area contributed by atoms with E-state index in [1.807, 2.05) is 0 Å². The fraction of sp³-hybridized carbons (Fsp3) is 0.600. The molecule has 0 aliphatic carbocycles. The number of urea groups is 1. The highest BCUT2D eigenvalue weighted by atomic mass is 35.5. The van der Waals surface area contributed by atoms with Crippen LogP contribution in [-0.2, 0) is 24.4 Å². The van der Waals surface area contributed by atoms with Crippen LogP contribution in [0.2, 0.25) is 0 Å². The lowest BCUT2D eigenvalue weighted by Crippen LogP contribution is -2.49. The maximum Gasteiger partial charge on any atom is 0.317 e. The number of nitrogens with zero attached hydrogens (tertiary/aromatic N) is 1. The first-order valence-corrected chi connectivity index (χ1v) is 9.65. The Morgan fingerprint density at radius 3 is 2.78 bits per heavy atom. The second-order valence-electron chi connectivity index (χ2n) is 7.79. The molecule has 1 aromatic carbocycles. The van der Waals surface area contributed by atoms with Crippen molar-refractivity contribution in [3.8, 4) is 0 Å². The van der Waals surface area contributed by atoms with Crippen LogP contribution in [0.5, 0.6) is 0 Å². The third-order valence-electron chi connectivity index (χ3n) is 5.11. The van der Waals surface area contributed by atoms with Crippen LogP contribution in [0.3, 0.4) is 0 Å². The Hall–Kier alpha value is -1.79. The molecule has 3 rings (SSSR count). The third kappa shape index (κ3) is 5.84. The zero-order valence-electron chi connectivity index (χ0n) is 16.2. The Labute approximate surface area is 167 Å². The Bertz CT molecular complexity index is 665. The SMILES string of the molecule is CC(C)CNC(=O)N1CCCC(C(=O)NCc2ccc3c(c2)CNC3)C1.Cl. The Balaban J connectivity index is 0.00000261. The molecule has 3 N–H and O–H groups in total. The van der Waals surface area contributed by atoms with Gasteiger partial charge in [0.25, 0.3) is 0 Å². The monoisotopic (exact) mass is 394 g/mol. The van der Waals surface area contributed by atoms with Crippen LogP contribution in [0.1, 0.15) is 43.4 Å². The summed E-state index contributed by atoms with van der Waals surface area (Å²) in [6.45, 7) is 8.42. The van der Waals surface area contributed by atoms with Crippen molar-refractivity contribution in [3.05, 3.63) is 34.9 Å². The highest BCUT2D eigenvalue weighted by Gasteiger charge is 2.28. The minimum Gasteiger partial charge on any atom is -0.352 e. The maximum atomic E-state index is 12.6. The van der Waals surface area contributed by atoms with Crippen LogP contribution in [0.25, 0.3) is 0 Å². The fourth-order valence-electron chi connectivity index (χ4n) is 3.57. The van der Waals surface area contributed by atoms with Gasteiger partial charge in [-0.3, -0.25) is 4.79 Å². The van der Waals surface area contributed by atoms with Crippen molar-refractivity contribution in [2.75, 3.05) is 19.6 Å². The number of halogens is 1. The lowest BCUT2D eigenvalue weighted by Gasteiger charge is -2.32. The fourth-order valence-corrected chi connectivity index (χ4v) is 3.57. The van der Waals surface area contributed by atoms with E-state index >= 15 is 0 Å². The molecule has 3 amide bonds. The molecule has 1 fully saturated rings. The average molecular weight is 395 g/mol. The van der Waals surface area contributed by atoms with Crippen LogP contribution in [0.4, 0.5) is 4.79 Å². The van der Waals surface area contributed by atoms with Crippen LogP contribution < -0.4 is 16.0 Å². The van der Waals surface area contributed by atoms with Crippen molar-refractivity contribution < 1.29 is 9.59 Å². The number of benzene rings is 1. The maximum absolute atomic E-state index is 12.6. The zero-order chi connectivity index (χ0) is 18.5. The third-order valence-corrected chi connectivity index (χ3v) is 5.11. The Kier molecular flexibility index (Phi) is 7.92. The van der Waals surface area contributed by atoms with E-state index in [9.17, 15) is 9.59 Å². The Morgan fingerprint density at radius 2 is 2.00 bits per heavy atom. The molecule has 150 valence electrons. The van der Waals surface area contributed by atoms with E-state index in [2.05, 4.69) is 48.0 Å². The van der Waals surface area contributed by atoms with Gasteiger partial charge in [0.2, 0.25) is 5.91 Å². The van der Waals surface area contributed by atoms with E-state index in [1.54, 1.807) is 4.90 Å². The highest BCUT2D eigenvalue weighted by molar-refractivity contribution is 5.85. The number of carbonyl (C=O) groups is 2. The van der Waals surface area contributed by atoms with Gasteiger partial charge in [0.05, 0.1) is 5.92 Å². The van der Waals surface area contributed by atoms with Crippen LogP contribution in [0.15, 0.2) is 18.2 Å². The first-order valence-electron chi connectivity index (χ1n) is 9.65. The molecule has 0 aromatic heterocycles. The molecule has 0 spiro atoms. The summed E-state index contributed by atoms with van der Waals surface area (Å²) < 4.78 is 0. The summed E-state index contributed by atoms with van der Waals surface area (Å²) in [6, 6.07) is 6.33. The molecule has 1 atom stereocenters. The second kappa shape index (κ2) is 9.95. The van der Waals surface area contributed by atoms with Crippen LogP contribution >= 0.6 is 12.4 Å². The number of likely N-dealkylation sites (tertiary alicyclic amines) is 1. The van der Waals surface area contributed by atoms with Gasteiger partial charge in [-0.25, -0.2) is 4.79 Å². The normalized spacial score (nSPS) is 18.6. The number of hydrogen-bond acceptors (Lipinski definition) is 3. The molecule has 0 radical (unpaired) electrons. The summed E-state index contributed by atoms with van der Waals surface area (Å²) in [5, 5.41) is 9.33. The highest BCUT2D eigenvalue weighted by Crippen LogP contribution is 2.19. The summed E-state index contributed by atoms with van der Waals surface area (Å²) in [5.41, 5.74) is 3.79. The van der Waals surface area contributed by atoms with Crippen LogP contribution in [-0.4, -0.2) is 36.5 Å². The molecular weight excluding hydrogens is 364 g/mol. The van der Waals surface area contributed by atoms with Gasteiger partial charge in [0, 0.05) is 39.3 Å². The summed E-state index contributed by atoms with van der Waals surface area (Å²) >= 11 is 0. The van der Waals surface area contributed by atoms with E-state index < -0.39 is 0 Å². The van der Waals surface area contributed by atoms with E-state index in [1.165, 1.54) is 11.1 Å². The number of rotatable bonds is 5. The first-order chi connectivity index (χ1) is 12.5. The molecule has 1 saturated heterocycles. The predicted molar refractivity (Wildman–Crippen MR) is 109 cm³/mol. The van der Waals surface area contributed by atoms with E-state index in [0.717, 1.165) is 38.0 Å². The van der Waals surface area contributed by atoms with Crippen molar-refractivity contribution in [3.63, 3.8) is 0 Å². The average Bonchev–Trinajstić information content (AvgIpc) is 3.12. The van der Waals surface area contributed by atoms with Crippen molar-refractivity contribution in [2.24, 2.45) is 11.8 Å². The van der Waals surface area contributed by atoms with E-state index in [4.69, 9.17) is 0 Å². The number of hydrogen-bond donors (Lipinski definition) is 3. The lowest BCUT2D eigenvalue weighted by molar-refractivity contribution is -0.126. The molecule has 2 heterocycles. The molecule has 1 aromatic rings. The summed E-state index contributed by atoms with van der Waals surface area (Å²) in [5.74, 6) is 0.347. The van der Waals surface area contributed by atoms with E-state index in [0.29, 0.717) is 25.6 Å². The van der Waals surface area contributed by atoms with Gasteiger partial charge < -0.3 is 20.9 Å². The number of carbonyl (C=O) groups excluding carboxylic acids is 2. The molecule has 0 saturated carbocycles. The topological polar surface area (TPSA) is 73.5 Å². The molecule has 2 aliphatic rings. The lowest BCUT2D eigenvalue weighted by atomic mass is 9.97. The van der Waals surface area contributed by atoms with Gasteiger partial charge in [-0.2, -0.15) is 0 Å². The van der Waals surface area contributed by atoms with E-state index in [-0.39, 0.29) is 30.3 Å². The minimum atomic E-state index is -0.121. The van der Waals surface area contributed by atoms with Crippen molar-refractivity contribution >= 4 is 24.3 Å². The molecule has 0 bridgehead atoms. The molecule has 7 heteroatoms.